The molecule has 1 N–H and O–H groups in total. The predicted octanol–water partition coefficient (Wildman–Crippen LogP) is 2.02. The minimum Gasteiger partial charge on any atom is -0.480 e. The van der Waals surface area contributed by atoms with Crippen LogP contribution in [0.15, 0.2) is 30.3 Å². The molecule has 0 aromatic heterocycles. The first-order valence-electron chi connectivity index (χ1n) is 5.69. The number of hydrogen-bond acceptors (Lipinski definition) is 2. The maximum absolute atomic E-state index is 11.2. The van der Waals surface area contributed by atoms with Crippen LogP contribution in [0.25, 0.3) is 0 Å². The Kier molecular flexibility index (Phi) is 4.99. The van der Waals surface area contributed by atoms with Crippen molar-refractivity contribution >= 4 is 5.97 Å². The van der Waals surface area contributed by atoms with Crippen LogP contribution in [-0.4, -0.2) is 35.1 Å². The third kappa shape index (κ3) is 3.35. The highest BCUT2D eigenvalue weighted by molar-refractivity contribution is 5.73. The Morgan fingerprint density at radius 1 is 1.25 bits per heavy atom. The SMILES string of the molecule is CCN(CC)[C@@H](Cc1ccccc1)C(=O)O. The summed E-state index contributed by atoms with van der Waals surface area (Å²) in [5, 5.41) is 9.23. The molecular weight excluding hydrogens is 202 g/mol. The first kappa shape index (κ1) is 12.7. The standard InChI is InChI=1S/C13H19NO2/c1-3-14(4-2)12(13(15)16)10-11-8-6-5-7-9-11/h5-9,12H,3-4,10H2,1-2H3,(H,15,16)/t12-/m0/s1. The Balaban J connectivity index is 2.76. The van der Waals surface area contributed by atoms with Crippen LogP contribution in [-0.2, 0) is 11.2 Å². The monoisotopic (exact) mass is 221 g/mol. The topological polar surface area (TPSA) is 40.5 Å². The number of carboxylic acids is 1. The van der Waals surface area contributed by atoms with Crippen molar-refractivity contribution in [2.24, 2.45) is 0 Å². The summed E-state index contributed by atoms with van der Waals surface area (Å²) in [5.74, 6) is -0.743. The Morgan fingerprint density at radius 3 is 2.25 bits per heavy atom. The van der Waals surface area contributed by atoms with Crippen molar-refractivity contribution in [1.82, 2.24) is 4.90 Å². The molecule has 0 aliphatic heterocycles. The van der Waals surface area contributed by atoms with Crippen molar-refractivity contribution in [3.63, 3.8) is 0 Å². The van der Waals surface area contributed by atoms with Crippen LogP contribution >= 0.6 is 0 Å². The molecule has 1 aromatic rings. The quantitative estimate of drug-likeness (QED) is 0.799. The van der Waals surface area contributed by atoms with Crippen molar-refractivity contribution in [2.45, 2.75) is 26.3 Å². The molecule has 1 rings (SSSR count). The number of benzene rings is 1. The molecule has 0 unspecified atom stereocenters. The van der Waals surface area contributed by atoms with Gasteiger partial charge in [-0.05, 0) is 25.1 Å². The predicted molar refractivity (Wildman–Crippen MR) is 64.5 cm³/mol. The van der Waals surface area contributed by atoms with Gasteiger partial charge >= 0.3 is 5.97 Å². The molecule has 0 saturated heterocycles. The van der Waals surface area contributed by atoms with Gasteiger partial charge in [-0.25, -0.2) is 0 Å². The molecule has 0 aliphatic rings. The molecule has 3 heteroatoms. The van der Waals surface area contributed by atoms with E-state index in [0.717, 1.165) is 18.7 Å². The maximum Gasteiger partial charge on any atom is 0.321 e. The molecule has 1 aromatic carbocycles. The lowest BCUT2D eigenvalue weighted by Gasteiger charge is -2.26. The normalized spacial score (nSPS) is 12.7. The van der Waals surface area contributed by atoms with Gasteiger partial charge in [-0.1, -0.05) is 44.2 Å². The second-order valence-electron chi connectivity index (χ2n) is 3.76. The lowest BCUT2D eigenvalue weighted by atomic mass is 10.0. The van der Waals surface area contributed by atoms with Gasteiger partial charge in [-0.15, -0.1) is 0 Å². The van der Waals surface area contributed by atoms with E-state index in [9.17, 15) is 9.90 Å². The Labute approximate surface area is 96.7 Å². The van der Waals surface area contributed by atoms with E-state index in [1.165, 1.54) is 0 Å². The minimum absolute atomic E-state index is 0.419. The van der Waals surface area contributed by atoms with Gasteiger partial charge in [-0.2, -0.15) is 0 Å². The van der Waals surface area contributed by atoms with Crippen LogP contribution in [0.2, 0.25) is 0 Å². The Morgan fingerprint density at radius 2 is 1.81 bits per heavy atom. The van der Waals surface area contributed by atoms with Crippen LogP contribution in [0.4, 0.5) is 0 Å². The molecular formula is C13H19NO2. The van der Waals surface area contributed by atoms with Gasteiger partial charge in [0.15, 0.2) is 0 Å². The molecule has 0 bridgehead atoms. The second-order valence-corrected chi connectivity index (χ2v) is 3.76. The number of hydrogen-bond donors (Lipinski definition) is 1. The number of aliphatic carboxylic acids is 1. The average molecular weight is 221 g/mol. The highest BCUT2D eigenvalue weighted by Gasteiger charge is 2.23. The van der Waals surface area contributed by atoms with E-state index in [1.807, 2.05) is 49.1 Å². The van der Waals surface area contributed by atoms with E-state index in [2.05, 4.69) is 0 Å². The van der Waals surface area contributed by atoms with Gasteiger partial charge < -0.3 is 5.11 Å². The van der Waals surface area contributed by atoms with Crippen LogP contribution in [0.1, 0.15) is 19.4 Å². The van der Waals surface area contributed by atoms with Crippen molar-refractivity contribution in [1.29, 1.82) is 0 Å². The maximum atomic E-state index is 11.2. The summed E-state index contributed by atoms with van der Waals surface area (Å²) >= 11 is 0. The molecule has 1 atom stereocenters. The van der Waals surface area contributed by atoms with E-state index < -0.39 is 12.0 Å². The first-order chi connectivity index (χ1) is 7.69. The largest absolute Gasteiger partial charge is 0.480 e. The highest BCUT2D eigenvalue weighted by Crippen LogP contribution is 2.09. The molecule has 0 saturated carbocycles. The van der Waals surface area contributed by atoms with Crippen molar-refractivity contribution < 1.29 is 9.90 Å². The molecule has 0 aliphatic carbocycles. The van der Waals surface area contributed by atoms with Crippen LogP contribution in [0, 0.1) is 0 Å². The summed E-state index contributed by atoms with van der Waals surface area (Å²) in [6.07, 6.45) is 0.567. The Bertz CT molecular complexity index is 320. The molecule has 0 radical (unpaired) electrons. The fraction of sp³-hybridized carbons (Fsp3) is 0.462. The van der Waals surface area contributed by atoms with E-state index in [1.54, 1.807) is 0 Å². The minimum atomic E-state index is -0.743. The average Bonchev–Trinajstić information content (AvgIpc) is 2.30. The zero-order valence-electron chi connectivity index (χ0n) is 9.89. The van der Waals surface area contributed by atoms with Crippen molar-refractivity contribution in [2.75, 3.05) is 13.1 Å². The fourth-order valence-electron chi connectivity index (χ4n) is 1.87. The van der Waals surface area contributed by atoms with Gasteiger partial charge in [0.2, 0.25) is 0 Å². The molecule has 16 heavy (non-hydrogen) atoms. The van der Waals surface area contributed by atoms with Gasteiger partial charge in [0.05, 0.1) is 0 Å². The van der Waals surface area contributed by atoms with E-state index in [4.69, 9.17) is 0 Å². The molecule has 88 valence electrons. The van der Waals surface area contributed by atoms with Crippen molar-refractivity contribution in [3.8, 4) is 0 Å². The van der Waals surface area contributed by atoms with Gasteiger partial charge in [0.1, 0.15) is 6.04 Å². The fourth-order valence-corrected chi connectivity index (χ4v) is 1.87. The van der Waals surface area contributed by atoms with Crippen LogP contribution < -0.4 is 0 Å². The molecule has 0 heterocycles. The molecule has 0 fully saturated rings. The third-order valence-corrected chi connectivity index (χ3v) is 2.81. The van der Waals surface area contributed by atoms with E-state index >= 15 is 0 Å². The van der Waals surface area contributed by atoms with Crippen molar-refractivity contribution in [3.05, 3.63) is 35.9 Å². The summed E-state index contributed by atoms with van der Waals surface area (Å²) in [6, 6.07) is 9.35. The van der Waals surface area contributed by atoms with Gasteiger partial charge in [-0.3, -0.25) is 9.69 Å². The number of rotatable bonds is 6. The summed E-state index contributed by atoms with van der Waals surface area (Å²) < 4.78 is 0. The summed E-state index contributed by atoms with van der Waals surface area (Å²) in [6.45, 7) is 5.51. The Hall–Kier alpha value is -1.35. The molecule has 3 nitrogen and oxygen atoms in total. The molecule has 0 amide bonds. The van der Waals surface area contributed by atoms with Crippen LogP contribution in [0.3, 0.4) is 0 Å². The first-order valence-corrected chi connectivity index (χ1v) is 5.69. The van der Waals surface area contributed by atoms with Crippen LogP contribution in [0.5, 0.6) is 0 Å². The van der Waals surface area contributed by atoms with E-state index in [0.29, 0.717) is 6.42 Å². The van der Waals surface area contributed by atoms with Gasteiger partial charge in [0.25, 0.3) is 0 Å². The number of carbonyl (C=O) groups is 1. The summed E-state index contributed by atoms with van der Waals surface area (Å²) in [4.78, 5) is 13.2. The number of likely N-dealkylation sites (N-methyl/N-ethyl adjacent to an activating group) is 1. The third-order valence-electron chi connectivity index (χ3n) is 2.81. The summed E-state index contributed by atoms with van der Waals surface area (Å²) in [5.41, 5.74) is 1.07. The lowest BCUT2D eigenvalue weighted by molar-refractivity contribution is -0.143. The smallest absolute Gasteiger partial charge is 0.321 e. The number of nitrogens with zero attached hydrogens (tertiary/aromatic N) is 1. The number of carboxylic acid groups (broad SMARTS) is 1. The zero-order valence-corrected chi connectivity index (χ0v) is 9.89. The molecule has 0 spiro atoms. The lowest BCUT2D eigenvalue weighted by Crippen LogP contribution is -2.42. The van der Waals surface area contributed by atoms with Gasteiger partial charge in [0, 0.05) is 0 Å². The summed E-state index contributed by atoms with van der Waals surface area (Å²) in [7, 11) is 0. The highest BCUT2D eigenvalue weighted by atomic mass is 16.4. The van der Waals surface area contributed by atoms with E-state index in [-0.39, 0.29) is 0 Å². The zero-order chi connectivity index (χ0) is 12.0. The second kappa shape index (κ2) is 6.28.